The molecule has 0 aliphatic rings. The molecule has 0 saturated carbocycles. The van der Waals surface area contributed by atoms with Crippen LogP contribution in [0.2, 0.25) is 0 Å². The van der Waals surface area contributed by atoms with E-state index in [1.165, 1.54) is 32.2 Å². The summed E-state index contributed by atoms with van der Waals surface area (Å²) >= 11 is 0. The number of aromatic nitrogens is 1. The quantitative estimate of drug-likeness (QED) is 0.448. The summed E-state index contributed by atoms with van der Waals surface area (Å²) in [7, 11) is 0. The first kappa shape index (κ1) is 16.2. The Kier molecular flexibility index (Phi) is 12.5. The van der Waals surface area contributed by atoms with Crippen molar-refractivity contribution >= 4 is 0 Å². The van der Waals surface area contributed by atoms with Gasteiger partial charge in [-0.2, -0.15) is 0 Å². The fourth-order valence-corrected chi connectivity index (χ4v) is 1.30. The van der Waals surface area contributed by atoms with E-state index in [-0.39, 0.29) is 25.0 Å². The Hall–Kier alpha value is -0.267. The third-order valence-electron chi connectivity index (χ3n) is 2.05. The molecule has 1 aromatic heterocycles. The molecule has 0 saturated heterocycles. The van der Waals surface area contributed by atoms with Crippen molar-refractivity contribution in [2.45, 2.75) is 39.2 Å². The van der Waals surface area contributed by atoms with E-state index >= 15 is 0 Å². The normalized spacial score (nSPS) is 8.64. The second kappa shape index (κ2) is 10.8. The SMILES string of the molecule is CCCCCC[n+]1ccccc1.O.[Ru+3]. The van der Waals surface area contributed by atoms with Gasteiger partial charge in [-0.25, -0.2) is 4.57 Å². The van der Waals surface area contributed by atoms with Crippen LogP contribution in [0.25, 0.3) is 0 Å². The minimum atomic E-state index is 0. The van der Waals surface area contributed by atoms with Crippen LogP contribution in [-0.4, -0.2) is 5.48 Å². The summed E-state index contributed by atoms with van der Waals surface area (Å²) in [6.45, 7) is 3.41. The van der Waals surface area contributed by atoms with Gasteiger partial charge < -0.3 is 5.48 Å². The zero-order valence-corrected chi connectivity index (χ0v) is 10.5. The standard InChI is InChI=1S/C11H18N.H2O.Ru/c1-2-3-4-6-9-12-10-7-5-8-11-12;;/h5,7-8,10-11H,2-4,6,9H2,1H3;1H2;/q+1;;+3. The Morgan fingerprint density at radius 2 is 1.57 bits per heavy atom. The molecule has 1 heterocycles. The summed E-state index contributed by atoms with van der Waals surface area (Å²) in [5.74, 6) is 0. The van der Waals surface area contributed by atoms with Gasteiger partial charge in [0, 0.05) is 18.6 Å². The van der Waals surface area contributed by atoms with Gasteiger partial charge in [0.1, 0.15) is 6.54 Å². The zero-order chi connectivity index (χ0) is 8.65. The van der Waals surface area contributed by atoms with Gasteiger partial charge in [-0.05, 0) is 6.42 Å². The topological polar surface area (TPSA) is 35.4 Å². The number of hydrogen-bond donors (Lipinski definition) is 0. The van der Waals surface area contributed by atoms with E-state index in [0.717, 1.165) is 0 Å². The van der Waals surface area contributed by atoms with Crippen molar-refractivity contribution in [2.75, 3.05) is 0 Å². The molecule has 3 heteroatoms. The van der Waals surface area contributed by atoms with Gasteiger partial charge in [0.05, 0.1) is 0 Å². The summed E-state index contributed by atoms with van der Waals surface area (Å²) in [6, 6.07) is 6.22. The molecule has 1 aromatic rings. The number of unbranched alkanes of at least 4 members (excludes halogenated alkanes) is 3. The molecule has 0 atom stereocenters. The van der Waals surface area contributed by atoms with Crippen LogP contribution in [0, 0.1) is 0 Å². The molecule has 0 aliphatic carbocycles. The second-order valence-electron chi connectivity index (χ2n) is 3.17. The average Bonchev–Trinajstić information content (AvgIpc) is 2.14. The zero-order valence-electron chi connectivity index (χ0n) is 8.72. The first-order chi connectivity index (χ1) is 5.93. The van der Waals surface area contributed by atoms with Crippen molar-refractivity contribution < 1.29 is 29.5 Å². The molecule has 1 radical (unpaired) electrons. The molecular weight excluding hydrogens is 263 g/mol. The van der Waals surface area contributed by atoms with Crippen LogP contribution in [0.5, 0.6) is 0 Å². The average molecular weight is 283 g/mol. The van der Waals surface area contributed by atoms with Crippen molar-refractivity contribution in [3.8, 4) is 0 Å². The number of hydrogen-bond acceptors (Lipinski definition) is 0. The van der Waals surface area contributed by atoms with E-state index in [9.17, 15) is 0 Å². The molecule has 0 bridgehead atoms. The Bertz CT molecular complexity index is 204. The number of pyridine rings is 1. The monoisotopic (exact) mass is 284 g/mol. The molecule has 2 nitrogen and oxygen atoms in total. The van der Waals surface area contributed by atoms with E-state index in [1.54, 1.807) is 0 Å². The van der Waals surface area contributed by atoms with Gasteiger partial charge in [0.15, 0.2) is 12.4 Å². The Balaban J connectivity index is 0. The maximum absolute atomic E-state index is 2.25. The van der Waals surface area contributed by atoms with Crippen molar-refractivity contribution in [3.63, 3.8) is 0 Å². The molecule has 14 heavy (non-hydrogen) atoms. The fourth-order valence-electron chi connectivity index (χ4n) is 1.30. The molecule has 0 aliphatic heterocycles. The van der Waals surface area contributed by atoms with Crippen molar-refractivity contribution in [1.29, 1.82) is 0 Å². The predicted molar refractivity (Wildman–Crippen MR) is 54.4 cm³/mol. The second-order valence-corrected chi connectivity index (χ2v) is 3.17. The minimum Gasteiger partial charge on any atom is -0.412 e. The van der Waals surface area contributed by atoms with Crippen molar-refractivity contribution in [1.82, 2.24) is 0 Å². The number of aryl methyl sites for hydroxylation is 1. The molecule has 2 N–H and O–H groups in total. The van der Waals surface area contributed by atoms with Crippen LogP contribution in [0.4, 0.5) is 0 Å². The molecule has 0 spiro atoms. The molecular formula is C11H20NORu+4. The van der Waals surface area contributed by atoms with Crippen molar-refractivity contribution in [3.05, 3.63) is 30.6 Å². The van der Waals surface area contributed by atoms with Crippen LogP contribution in [0.1, 0.15) is 32.6 Å². The molecule has 1 rings (SSSR count). The molecule has 0 aromatic carbocycles. The maximum Gasteiger partial charge on any atom is 3.00 e. The fraction of sp³-hybridized carbons (Fsp3) is 0.545. The third kappa shape index (κ3) is 7.17. The van der Waals surface area contributed by atoms with E-state index in [0.29, 0.717) is 0 Å². The summed E-state index contributed by atoms with van der Waals surface area (Å²) in [6.07, 6.45) is 9.62. The molecule has 79 valence electrons. The van der Waals surface area contributed by atoms with Gasteiger partial charge >= 0.3 is 19.5 Å². The van der Waals surface area contributed by atoms with Crippen LogP contribution in [0.3, 0.4) is 0 Å². The summed E-state index contributed by atoms with van der Waals surface area (Å²) in [5.41, 5.74) is 0. The Morgan fingerprint density at radius 1 is 0.929 bits per heavy atom. The van der Waals surface area contributed by atoms with Crippen LogP contribution in [-0.2, 0) is 26.0 Å². The van der Waals surface area contributed by atoms with Gasteiger partial charge in [-0.15, -0.1) is 0 Å². The summed E-state index contributed by atoms with van der Waals surface area (Å²) < 4.78 is 2.25. The minimum absolute atomic E-state index is 0. The van der Waals surface area contributed by atoms with Gasteiger partial charge in [-0.1, -0.05) is 25.8 Å². The smallest absolute Gasteiger partial charge is 0.412 e. The first-order valence-corrected chi connectivity index (χ1v) is 4.87. The van der Waals surface area contributed by atoms with Crippen LogP contribution < -0.4 is 4.57 Å². The van der Waals surface area contributed by atoms with E-state index in [1.807, 2.05) is 0 Å². The van der Waals surface area contributed by atoms with Gasteiger partial charge in [-0.3, -0.25) is 0 Å². The van der Waals surface area contributed by atoms with E-state index < -0.39 is 0 Å². The Morgan fingerprint density at radius 3 is 2.14 bits per heavy atom. The van der Waals surface area contributed by atoms with E-state index in [2.05, 4.69) is 42.1 Å². The number of nitrogens with zero attached hydrogens (tertiary/aromatic N) is 1. The van der Waals surface area contributed by atoms with Crippen molar-refractivity contribution in [2.24, 2.45) is 0 Å². The third-order valence-corrected chi connectivity index (χ3v) is 2.05. The maximum atomic E-state index is 2.25. The van der Waals surface area contributed by atoms with Crippen LogP contribution in [0.15, 0.2) is 30.6 Å². The predicted octanol–water partition coefficient (Wildman–Crippen LogP) is 1.73. The van der Waals surface area contributed by atoms with Gasteiger partial charge in [0.25, 0.3) is 0 Å². The molecule has 0 unspecified atom stereocenters. The molecule has 0 amide bonds. The first-order valence-electron chi connectivity index (χ1n) is 4.87. The summed E-state index contributed by atoms with van der Waals surface area (Å²) in [4.78, 5) is 0. The van der Waals surface area contributed by atoms with Gasteiger partial charge in [0.2, 0.25) is 0 Å². The molecule has 0 fully saturated rings. The van der Waals surface area contributed by atoms with E-state index in [4.69, 9.17) is 0 Å². The largest absolute Gasteiger partial charge is 3.00 e. The van der Waals surface area contributed by atoms with Crippen LogP contribution >= 0.6 is 0 Å². The Labute approximate surface area is 99.4 Å². The summed E-state index contributed by atoms with van der Waals surface area (Å²) in [5, 5.41) is 0. The number of rotatable bonds is 5.